The molecule has 0 saturated heterocycles. The van der Waals surface area contributed by atoms with E-state index < -0.39 is 17.4 Å². The van der Waals surface area contributed by atoms with Crippen LogP contribution in [0.2, 0.25) is 0 Å². The third-order valence-corrected chi connectivity index (χ3v) is 2.48. The maximum Gasteiger partial charge on any atom is 0.413 e. The molecule has 1 aromatic rings. The van der Waals surface area contributed by atoms with Crippen molar-refractivity contribution in [3.05, 3.63) is 29.6 Å². The lowest BCUT2D eigenvalue weighted by Crippen LogP contribution is -2.42. The lowest BCUT2D eigenvalue weighted by atomic mass is 10.1. The number of nitrogens with one attached hydrogen (secondary N) is 1. The van der Waals surface area contributed by atoms with Crippen molar-refractivity contribution in [2.45, 2.75) is 31.6 Å². The van der Waals surface area contributed by atoms with Gasteiger partial charge in [0.2, 0.25) is 0 Å². The van der Waals surface area contributed by atoms with Gasteiger partial charge >= 0.3 is 6.09 Å². The van der Waals surface area contributed by atoms with E-state index in [0.717, 1.165) is 5.56 Å². The molecule has 1 N–H and O–H groups in total. The summed E-state index contributed by atoms with van der Waals surface area (Å²) in [6, 6.07) is 4.46. The molecule has 17 heavy (non-hydrogen) atoms. The van der Waals surface area contributed by atoms with Gasteiger partial charge in [-0.1, -0.05) is 22.0 Å². The van der Waals surface area contributed by atoms with E-state index in [2.05, 4.69) is 21.2 Å². The Morgan fingerprint density at radius 1 is 1.47 bits per heavy atom. The molecule has 1 rings (SSSR count). The Kier molecular flexibility index (Phi) is 4.51. The minimum absolute atomic E-state index is 0.0727. The Morgan fingerprint density at radius 2 is 2.12 bits per heavy atom. The Morgan fingerprint density at radius 3 is 2.59 bits per heavy atom. The molecule has 1 aromatic carbocycles. The molecule has 0 heterocycles. The lowest BCUT2D eigenvalue weighted by Gasteiger charge is -2.19. The predicted octanol–water partition coefficient (Wildman–Crippen LogP) is 3.61. The Balaban J connectivity index is 2.72. The summed E-state index contributed by atoms with van der Waals surface area (Å²) < 4.78 is 18.4. The number of hydrogen-bond donors (Lipinski definition) is 1. The maximum absolute atomic E-state index is 13.5. The molecule has 0 spiro atoms. The standard InChI is InChI=1S/C12H15BrFNO2/c1-12(2,3)15-11(16)17-10-5-4-8(7-13)6-9(10)14/h4-6H,7H2,1-3H3,(H,15,16). The number of halogens is 2. The number of rotatable bonds is 2. The molecule has 0 bridgehead atoms. The first-order valence-electron chi connectivity index (χ1n) is 5.16. The smallest absolute Gasteiger partial charge is 0.407 e. The third-order valence-electron chi connectivity index (χ3n) is 1.83. The number of hydrogen-bond acceptors (Lipinski definition) is 2. The zero-order chi connectivity index (χ0) is 13.1. The number of alkyl halides is 1. The largest absolute Gasteiger partial charge is 0.413 e. The second kappa shape index (κ2) is 5.49. The first kappa shape index (κ1) is 14.0. The van der Waals surface area contributed by atoms with Crippen molar-refractivity contribution in [2.75, 3.05) is 0 Å². The average molecular weight is 304 g/mol. The second-order valence-electron chi connectivity index (χ2n) is 4.66. The molecule has 1 amide bonds. The van der Waals surface area contributed by atoms with E-state index in [1.54, 1.807) is 6.07 Å². The minimum atomic E-state index is -0.664. The Labute approximate surface area is 108 Å². The molecule has 0 aliphatic heterocycles. The van der Waals surface area contributed by atoms with Gasteiger partial charge in [0.05, 0.1) is 0 Å². The summed E-state index contributed by atoms with van der Waals surface area (Å²) in [6.07, 6.45) is -0.664. The molecule has 0 aliphatic carbocycles. The van der Waals surface area contributed by atoms with E-state index in [9.17, 15) is 9.18 Å². The lowest BCUT2D eigenvalue weighted by molar-refractivity contribution is 0.188. The molecule has 3 nitrogen and oxygen atoms in total. The second-order valence-corrected chi connectivity index (χ2v) is 5.22. The van der Waals surface area contributed by atoms with E-state index in [0.29, 0.717) is 5.33 Å². The number of carbonyl (C=O) groups excluding carboxylic acids is 1. The van der Waals surface area contributed by atoms with Crippen LogP contribution in [0.4, 0.5) is 9.18 Å². The number of carbonyl (C=O) groups is 1. The van der Waals surface area contributed by atoms with Gasteiger partial charge in [0, 0.05) is 10.9 Å². The zero-order valence-electron chi connectivity index (χ0n) is 10.0. The summed E-state index contributed by atoms with van der Waals surface area (Å²) in [5, 5.41) is 3.14. The van der Waals surface area contributed by atoms with Crippen LogP contribution >= 0.6 is 15.9 Å². The van der Waals surface area contributed by atoms with Crippen LogP contribution in [0, 0.1) is 5.82 Å². The first-order chi connectivity index (χ1) is 7.81. The first-order valence-corrected chi connectivity index (χ1v) is 6.28. The molecule has 94 valence electrons. The summed E-state index contributed by atoms with van der Waals surface area (Å²) in [7, 11) is 0. The number of benzene rings is 1. The molecule has 0 atom stereocenters. The fraction of sp³-hybridized carbons (Fsp3) is 0.417. The zero-order valence-corrected chi connectivity index (χ0v) is 11.6. The van der Waals surface area contributed by atoms with Gasteiger partial charge in [0.1, 0.15) is 0 Å². The van der Waals surface area contributed by atoms with E-state index in [1.165, 1.54) is 12.1 Å². The molecular formula is C12H15BrFNO2. The summed E-state index contributed by atoms with van der Waals surface area (Å²) in [5.41, 5.74) is 0.370. The van der Waals surface area contributed by atoms with Crippen LogP contribution in [0.25, 0.3) is 0 Å². The van der Waals surface area contributed by atoms with Gasteiger partial charge in [0.15, 0.2) is 11.6 Å². The van der Waals surface area contributed by atoms with Crippen LogP contribution in [-0.4, -0.2) is 11.6 Å². The molecule has 0 fully saturated rings. The third kappa shape index (κ3) is 4.73. The van der Waals surface area contributed by atoms with Crippen molar-refractivity contribution in [3.63, 3.8) is 0 Å². The summed E-state index contributed by atoms with van der Waals surface area (Å²) in [5.74, 6) is -0.623. The summed E-state index contributed by atoms with van der Waals surface area (Å²) in [4.78, 5) is 11.4. The highest BCUT2D eigenvalue weighted by molar-refractivity contribution is 9.08. The van der Waals surface area contributed by atoms with Crippen molar-refractivity contribution in [2.24, 2.45) is 0 Å². The maximum atomic E-state index is 13.5. The highest BCUT2D eigenvalue weighted by Crippen LogP contribution is 2.20. The van der Waals surface area contributed by atoms with Crippen molar-refractivity contribution in [3.8, 4) is 5.75 Å². The molecule has 0 aromatic heterocycles. The van der Waals surface area contributed by atoms with Gasteiger partial charge in [0.25, 0.3) is 0 Å². The number of amides is 1. The Hall–Kier alpha value is -1.10. The van der Waals surface area contributed by atoms with Crippen molar-refractivity contribution in [1.82, 2.24) is 5.32 Å². The average Bonchev–Trinajstić information content (AvgIpc) is 2.18. The summed E-state index contributed by atoms with van der Waals surface area (Å²) in [6.45, 7) is 5.45. The van der Waals surface area contributed by atoms with Gasteiger partial charge < -0.3 is 10.1 Å². The van der Waals surface area contributed by atoms with E-state index in [-0.39, 0.29) is 5.75 Å². The van der Waals surface area contributed by atoms with Crippen molar-refractivity contribution >= 4 is 22.0 Å². The van der Waals surface area contributed by atoms with Gasteiger partial charge in [-0.05, 0) is 38.5 Å². The van der Waals surface area contributed by atoms with Gasteiger partial charge in [-0.2, -0.15) is 0 Å². The fourth-order valence-corrected chi connectivity index (χ4v) is 1.49. The van der Waals surface area contributed by atoms with Crippen molar-refractivity contribution in [1.29, 1.82) is 0 Å². The van der Waals surface area contributed by atoms with Gasteiger partial charge in [-0.15, -0.1) is 0 Å². The molecule has 0 aliphatic rings. The molecular weight excluding hydrogens is 289 g/mol. The normalized spacial score (nSPS) is 11.1. The predicted molar refractivity (Wildman–Crippen MR) is 67.9 cm³/mol. The highest BCUT2D eigenvalue weighted by atomic mass is 79.9. The van der Waals surface area contributed by atoms with E-state index in [1.807, 2.05) is 20.8 Å². The van der Waals surface area contributed by atoms with Crippen LogP contribution in [0.5, 0.6) is 5.75 Å². The summed E-state index contributed by atoms with van der Waals surface area (Å²) >= 11 is 3.22. The quantitative estimate of drug-likeness (QED) is 0.848. The monoisotopic (exact) mass is 303 g/mol. The molecule has 0 unspecified atom stereocenters. The van der Waals surface area contributed by atoms with E-state index in [4.69, 9.17) is 4.74 Å². The van der Waals surface area contributed by atoms with Crippen LogP contribution < -0.4 is 10.1 Å². The van der Waals surface area contributed by atoms with Crippen LogP contribution in [0.3, 0.4) is 0 Å². The van der Waals surface area contributed by atoms with Crippen molar-refractivity contribution < 1.29 is 13.9 Å². The van der Waals surface area contributed by atoms with E-state index >= 15 is 0 Å². The topological polar surface area (TPSA) is 38.3 Å². The SMILES string of the molecule is CC(C)(C)NC(=O)Oc1ccc(CBr)cc1F. The van der Waals surface area contributed by atoms with Crippen LogP contribution in [-0.2, 0) is 5.33 Å². The van der Waals surface area contributed by atoms with Gasteiger partial charge in [-0.25, -0.2) is 9.18 Å². The number of ether oxygens (including phenoxy) is 1. The van der Waals surface area contributed by atoms with Crippen LogP contribution in [0.1, 0.15) is 26.3 Å². The van der Waals surface area contributed by atoms with Crippen LogP contribution in [0.15, 0.2) is 18.2 Å². The highest BCUT2D eigenvalue weighted by Gasteiger charge is 2.16. The Bertz CT molecular complexity index is 415. The fourth-order valence-electron chi connectivity index (χ4n) is 1.14. The molecule has 5 heteroatoms. The molecule has 0 radical (unpaired) electrons. The van der Waals surface area contributed by atoms with Gasteiger partial charge in [-0.3, -0.25) is 0 Å². The molecule has 0 saturated carbocycles. The minimum Gasteiger partial charge on any atom is -0.407 e.